The molecule has 0 amide bonds. The summed E-state index contributed by atoms with van der Waals surface area (Å²) in [6, 6.07) is 0. The van der Waals surface area contributed by atoms with Crippen LogP contribution in [0.15, 0.2) is 12.2 Å². The van der Waals surface area contributed by atoms with Gasteiger partial charge < -0.3 is 0 Å². The van der Waals surface area contributed by atoms with E-state index < -0.39 is 0 Å². The van der Waals surface area contributed by atoms with Crippen LogP contribution >= 0.6 is 0 Å². The van der Waals surface area contributed by atoms with E-state index >= 15 is 0 Å². The Morgan fingerprint density at radius 1 is 1.47 bits per heavy atom. The van der Waals surface area contributed by atoms with Crippen molar-refractivity contribution in [1.82, 2.24) is 4.90 Å². The smallest absolute Gasteiger partial charge is 0.160 e. The summed E-state index contributed by atoms with van der Waals surface area (Å²) in [5.74, 6) is 1.03. The van der Waals surface area contributed by atoms with Gasteiger partial charge in [-0.2, -0.15) is 0 Å². The minimum Gasteiger partial charge on any atom is -0.299 e. The average Bonchev–Trinajstić information content (AvgIpc) is 2.49. The van der Waals surface area contributed by atoms with E-state index in [2.05, 4.69) is 11.8 Å². The maximum atomic E-state index is 11.6. The van der Waals surface area contributed by atoms with Crippen molar-refractivity contribution < 1.29 is 4.79 Å². The molecule has 86 valence electrons. The summed E-state index contributed by atoms with van der Waals surface area (Å²) < 4.78 is 0. The number of allylic oxidation sites excluding steroid dienone is 1. The number of ketones is 1. The van der Waals surface area contributed by atoms with Gasteiger partial charge in [-0.3, -0.25) is 9.69 Å². The molecule has 1 fully saturated rings. The fourth-order valence-corrected chi connectivity index (χ4v) is 1.75. The van der Waals surface area contributed by atoms with Crippen molar-refractivity contribution in [2.45, 2.75) is 34.1 Å². The Kier molecular flexibility index (Phi) is 4.09. The zero-order valence-electron chi connectivity index (χ0n) is 10.4. The number of hydrogen-bond donors (Lipinski definition) is 0. The Labute approximate surface area is 93.3 Å². The SMILES string of the molecule is CC1CCN(C/C=C/C(=O)C(C)(C)C)C1. The molecule has 2 nitrogen and oxygen atoms in total. The summed E-state index contributed by atoms with van der Waals surface area (Å²) >= 11 is 0. The molecule has 0 N–H and O–H groups in total. The highest BCUT2D eigenvalue weighted by atomic mass is 16.1. The predicted molar refractivity (Wildman–Crippen MR) is 63.8 cm³/mol. The molecule has 0 aromatic rings. The Bertz CT molecular complexity index is 250. The monoisotopic (exact) mass is 209 g/mol. The molecule has 1 aliphatic rings. The zero-order valence-corrected chi connectivity index (χ0v) is 10.4. The third-order valence-electron chi connectivity index (χ3n) is 2.88. The van der Waals surface area contributed by atoms with Gasteiger partial charge in [0.05, 0.1) is 0 Å². The molecule has 15 heavy (non-hydrogen) atoms. The molecule has 0 aromatic carbocycles. The lowest BCUT2D eigenvalue weighted by molar-refractivity contribution is -0.121. The largest absolute Gasteiger partial charge is 0.299 e. The fourth-order valence-electron chi connectivity index (χ4n) is 1.75. The van der Waals surface area contributed by atoms with E-state index in [0.717, 1.165) is 12.5 Å². The number of rotatable bonds is 3. The Morgan fingerprint density at radius 2 is 2.13 bits per heavy atom. The summed E-state index contributed by atoms with van der Waals surface area (Å²) in [6.45, 7) is 11.4. The summed E-state index contributed by atoms with van der Waals surface area (Å²) in [5, 5.41) is 0. The van der Waals surface area contributed by atoms with Crippen LogP contribution in [0.4, 0.5) is 0 Å². The predicted octanol–water partition coefficient (Wildman–Crippen LogP) is 2.50. The van der Waals surface area contributed by atoms with E-state index in [1.807, 2.05) is 26.8 Å². The molecule has 1 unspecified atom stereocenters. The van der Waals surface area contributed by atoms with E-state index in [9.17, 15) is 4.79 Å². The first-order valence-electron chi connectivity index (χ1n) is 5.83. The molecule has 0 radical (unpaired) electrons. The number of hydrogen-bond acceptors (Lipinski definition) is 2. The van der Waals surface area contributed by atoms with Gasteiger partial charge in [0.25, 0.3) is 0 Å². The fraction of sp³-hybridized carbons (Fsp3) is 0.769. The Morgan fingerprint density at radius 3 is 2.60 bits per heavy atom. The number of carbonyl (C=O) groups excluding carboxylic acids is 1. The summed E-state index contributed by atoms with van der Waals surface area (Å²) in [4.78, 5) is 14.0. The third-order valence-corrected chi connectivity index (χ3v) is 2.88. The maximum Gasteiger partial charge on any atom is 0.160 e. The molecular weight excluding hydrogens is 186 g/mol. The zero-order chi connectivity index (χ0) is 11.5. The molecule has 1 aliphatic heterocycles. The van der Waals surface area contributed by atoms with Crippen LogP contribution < -0.4 is 0 Å². The molecule has 1 saturated heterocycles. The van der Waals surface area contributed by atoms with Crippen LogP contribution in [0.1, 0.15) is 34.1 Å². The van der Waals surface area contributed by atoms with Crippen molar-refractivity contribution >= 4 is 5.78 Å². The molecule has 2 heteroatoms. The van der Waals surface area contributed by atoms with Crippen molar-refractivity contribution in [1.29, 1.82) is 0 Å². The second kappa shape index (κ2) is 4.93. The minimum absolute atomic E-state index is 0.217. The summed E-state index contributed by atoms with van der Waals surface area (Å²) in [5.41, 5.74) is -0.241. The van der Waals surface area contributed by atoms with E-state index in [0.29, 0.717) is 0 Å². The first kappa shape index (κ1) is 12.4. The molecular formula is C13H23NO. The van der Waals surface area contributed by atoms with E-state index in [4.69, 9.17) is 0 Å². The van der Waals surface area contributed by atoms with Gasteiger partial charge in [-0.1, -0.05) is 33.8 Å². The lowest BCUT2D eigenvalue weighted by atomic mass is 9.91. The maximum absolute atomic E-state index is 11.6. The molecule has 1 heterocycles. The molecule has 0 aliphatic carbocycles. The Hall–Kier alpha value is -0.630. The number of carbonyl (C=O) groups is 1. The van der Waals surface area contributed by atoms with Crippen LogP contribution in [0.5, 0.6) is 0 Å². The van der Waals surface area contributed by atoms with Crippen molar-refractivity contribution in [2.75, 3.05) is 19.6 Å². The van der Waals surface area contributed by atoms with E-state index in [1.165, 1.54) is 19.5 Å². The van der Waals surface area contributed by atoms with Crippen LogP contribution in [0.25, 0.3) is 0 Å². The van der Waals surface area contributed by atoms with Crippen LogP contribution in [0.2, 0.25) is 0 Å². The number of nitrogens with zero attached hydrogens (tertiary/aromatic N) is 1. The van der Waals surface area contributed by atoms with E-state index in [1.54, 1.807) is 6.08 Å². The van der Waals surface area contributed by atoms with Gasteiger partial charge >= 0.3 is 0 Å². The highest BCUT2D eigenvalue weighted by Crippen LogP contribution is 2.16. The van der Waals surface area contributed by atoms with Gasteiger partial charge in [0.2, 0.25) is 0 Å². The Balaban J connectivity index is 2.31. The lowest BCUT2D eigenvalue weighted by Gasteiger charge is -2.14. The molecule has 0 spiro atoms. The molecule has 0 saturated carbocycles. The van der Waals surface area contributed by atoms with E-state index in [-0.39, 0.29) is 11.2 Å². The van der Waals surface area contributed by atoms with Crippen LogP contribution in [-0.4, -0.2) is 30.3 Å². The highest BCUT2D eigenvalue weighted by Gasteiger charge is 2.19. The normalized spacial score (nSPS) is 23.9. The van der Waals surface area contributed by atoms with Crippen molar-refractivity contribution in [3.8, 4) is 0 Å². The van der Waals surface area contributed by atoms with Gasteiger partial charge in [-0.25, -0.2) is 0 Å². The van der Waals surface area contributed by atoms with Gasteiger partial charge in [-0.05, 0) is 25.0 Å². The molecule has 1 atom stereocenters. The van der Waals surface area contributed by atoms with Gasteiger partial charge in [0.15, 0.2) is 5.78 Å². The molecule has 1 rings (SSSR count). The van der Waals surface area contributed by atoms with Gasteiger partial charge in [0, 0.05) is 18.5 Å². The van der Waals surface area contributed by atoms with Crippen LogP contribution in [-0.2, 0) is 4.79 Å². The standard InChI is InChI=1S/C13H23NO/c1-11-7-9-14(10-11)8-5-6-12(15)13(2,3)4/h5-6,11H,7-10H2,1-4H3/b6-5+. The minimum atomic E-state index is -0.241. The lowest BCUT2D eigenvalue weighted by Crippen LogP contribution is -2.21. The molecule has 0 aromatic heterocycles. The van der Waals surface area contributed by atoms with Crippen molar-refractivity contribution in [2.24, 2.45) is 11.3 Å². The second-order valence-electron chi connectivity index (χ2n) is 5.67. The first-order valence-corrected chi connectivity index (χ1v) is 5.83. The summed E-state index contributed by atoms with van der Waals surface area (Å²) in [7, 11) is 0. The quantitative estimate of drug-likeness (QED) is 0.666. The van der Waals surface area contributed by atoms with Crippen molar-refractivity contribution in [3.05, 3.63) is 12.2 Å². The van der Waals surface area contributed by atoms with Crippen LogP contribution in [0, 0.1) is 11.3 Å². The van der Waals surface area contributed by atoms with Gasteiger partial charge in [-0.15, -0.1) is 0 Å². The second-order valence-corrected chi connectivity index (χ2v) is 5.67. The van der Waals surface area contributed by atoms with Gasteiger partial charge in [0.1, 0.15) is 0 Å². The molecule has 0 bridgehead atoms. The highest BCUT2D eigenvalue weighted by molar-refractivity contribution is 5.93. The number of likely N-dealkylation sites (tertiary alicyclic amines) is 1. The summed E-state index contributed by atoms with van der Waals surface area (Å²) in [6.07, 6.45) is 5.04. The topological polar surface area (TPSA) is 20.3 Å². The third kappa shape index (κ3) is 4.17. The average molecular weight is 209 g/mol. The van der Waals surface area contributed by atoms with Crippen molar-refractivity contribution in [3.63, 3.8) is 0 Å². The first-order chi connectivity index (χ1) is 6.89. The van der Waals surface area contributed by atoms with Crippen LogP contribution in [0.3, 0.4) is 0 Å².